The molecule has 9 rings (SSSR count). The lowest BCUT2D eigenvalue weighted by Gasteiger charge is -2.10. The number of hydrogen-bond donors (Lipinski definition) is 0. The van der Waals surface area contributed by atoms with E-state index in [1.54, 1.807) is 0 Å². The predicted molar refractivity (Wildman–Crippen MR) is 164 cm³/mol. The van der Waals surface area contributed by atoms with Gasteiger partial charge in [-0.3, -0.25) is 0 Å². The molecule has 0 fully saturated rings. The van der Waals surface area contributed by atoms with Crippen molar-refractivity contribution in [3.8, 4) is 22.3 Å². The van der Waals surface area contributed by atoms with Crippen molar-refractivity contribution < 1.29 is 13.3 Å². The zero-order valence-corrected chi connectivity index (χ0v) is 21.7. The van der Waals surface area contributed by atoms with Crippen LogP contribution < -0.4 is 0 Å². The minimum absolute atomic E-state index is 0.844. The standard InChI is InChI=1S/C37H22O3/c1-21-17-18-26(36-33(21)28-10-3-6-15-31(28)39-36)23-19-20-27(37-34(23)29-11-4-7-16-32(29)40-37)25-13-8-12-24-22-9-2-5-14-30(22)38-35(24)25/h2-20H,1H3. The number of para-hydroxylation sites is 4. The maximum atomic E-state index is 6.65. The lowest BCUT2D eigenvalue weighted by molar-refractivity contribution is 0.665. The normalized spacial score (nSPS) is 12.1. The van der Waals surface area contributed by atoms with Gasteiger partial charge in [-0.15, -0.1) is 0 Å². The summed E-state index contributed by atoms with van der Waals surface area (Å²) in [5, 5.41) is 6.67. The topological polar surface area (TPSA) is 39.4 Å². The van der Waals surface area contributed by atoms with Crippen LogP contribution >= 0.6 is 0 Å². The number of rotatable bonds is 2. The van der Waals surface area contributed by atoms with Gasteiger partial charge in [-0.2, -0.15) is 0 Å². The Bertz CT molecular complexity index is 2450. The smallest absolute Gasteiger partial charge is 0.144 e. The summed E-state index contributed by atoms with van der Waals surface area (Å²) in [5.41, 5.74) is 10.6. The molecule has 9 aromatic rings. The van der Waals surface area contributed by atoms with Crippen LogP contribution in [0.5, 0.6) is 0 Å². The summed E-state index contributed by atoms with van der Waals surface area (Å²) in [4.78, 5) is 0. The summed E-state index contributed by atoms with van der Waals surface area (Å²) in [5.74, 6) is 0. The molecule has 3 heterocycles. The molecule has 3 nitrogen and oxygen atoms in total. The minimum Gasteiger partial charge on any atom is -0.455 e. The molecule has 0 spiro atoms. The molecule has 0 aliphatic rings. The third kappa shape index (κ3) is 2.84. The molecule has 0 saturated heterocycles. The van der Waals surface area contributed by atoms with Crippen LogP contribution in [0.3, 0.4) is 0 Å². The monoisotopic (exact) mass is 514 g/mol. The average molecular weight is 515 g/mol. The second-order valence-electron chi connectivity index (χ2n) is 10.5. The van der Waals surface area contributed by atoms with Gasteiger partial charge < -0.3 is 13.3 Å². The number of fused-ring (bicyclic) bond motifs is 9. The molecular formula is C37H22O3. The summed E-state index contributed by atoms with van der Waals surface area (Å²) >= 11 is 0. The second-order valence-corrected chi connectivity index (χ2v) is 10.5. The number of hydrogen-bond acceptors (Lipinski definition) is 3. The number of benzene rings is 6. The van der Waals surface area contributed by atoms with E-state index in [1.165, 1.54) is 5.56 Å². The fourth-order valence-corrected chi connectivity index (χ4v) is 6.43. The SMILES string of the molecule is Cc1ccc(-c2ccc(-c3cccc4c3oc3ccccc34)c3oc4ccccc4c23)c2oc3ccccc3c12. The highest BCUT2D eigenvalue weighted by Gasteiger charge is 2.22. The molecule has 0 N–H and O–H groups in total. The van der Waals surface area contributed by atoms with Crippen LogP contribution in [0.4, 0.5) is 0 Å². The largest absolute Gasteiger partial charge is 0.455 e. The first-order valence-electron chi connectivity index (χ1n) is 13.5. The zero-order valence-electron chi connectivity index (χ0n) is 21.7. The minimum atomic E-state index is 0.844. The van der Waals surface area contributed by atoms with Crippen molar-refractivity contribution in [2.75, 3.05) is 0 Å². The molecule has 0 atom stereocenters. The maximum absolute atomic E-state index is 6.65. The van der Waals surface area contributed by atoms with Crippen molar-refractivity contribution in [2.24, 2.45) is 0 Å². The van der Waals surface area contributed by atoms with Gasteiger partial charge in [-0.1, -0.05) is 91.0 Å². The molecule has 3 aromatic heterocycles. The summed E-state index contributed by atoms with van der Waals surface area (Å²) < 4.78 is 19.6. The van der Waals surface area contributed by atoms with E-state index in [-0.39, 0.29) is 0 Å². The molecule has 0 bridgehead atoms. The van der Waals surface area contributed by atoms with Gasteiger partial charge in [-0.25, -0.2) is 0 Å². The first-order valence-corrected chi connectivity index (χ1v) is 13.5. The summed E-state index contributed by atoms with van der Waals surface area (Å²) in [6.45, 7) is 2.15. The highest BCUT2D eigenvalue weighted by Crippen LogP contribution is 2.46. The van der Waals surface area contributed by atoms with Crippen LogP contribution in [-0.2, 0) is 0 Å². The number of aryl methyl sites for hydroxylation is 1. The van der Waals surface area contributed by atoms with Crippen LogP contribution in [0.25, 0.3) is 88.1 Å². The molecule has 40 heavy (non-hydrogen) atoms. The average Bonchev–Trinajstić information content (AvgIpc) is 3.69. The van der Waals surface area contributed by atoms with Gasteiger partial charge in [0.25, 0.3) is 0 Å². The summed E-state index contributed by atoms with van der Waals surface area (Å²) in [6.07, 6.45) is 0. The van der Waals surface area contributed by atoms with E-state index in [0.29, 0.717) is 0 Å². The molecule has 0 unspecified atom stereocenters. The Balaban J connectivity index is 1.40. The lowest BCUT2D eigenvalue weighted by atomic mass is 9.92. The Labute approximate surface area is 228 Å². The van der Waals surface area contributed by atoms with E-state index < -0.39 is 0 Å². The number of furan rings is 3. The second kappa shape index (κ2) is 7.87. The van der Waals surface area contributed by atoms with Gasteiger partial charge in [0.2, 0.25) is 0 Å². The van der Waals surface area contributed by atoms with Gasteiger partial charge in [0.05, 0.1) is 0 Å². The molecule has 0 radical (unpaired) electrons. The van der Waals surface area contributed by atoms with E-state index in [2.05, 4.69) is 85.8 Å². The Hall–Kier alpha value is -5.28. The molecule has 188 valence electrons. The lowest BCUT2D eigenvalue weighted by Crippen LogP contribution is -1.86. The Morgan fingerprint density at radius 1 is 0.350 bits per heavy atom. The fourth-order valence-electron chi connectivity index (χ4n) is 6.43. The van der Waals surface area contributed by atoms with E-state index in [4.69, 9.17) is 13.3 Å². The molecule has 0 aliphatic carbocycles. The fraction of sp³-hybridized carbons (Fsp3) is 0.0270. The van der Waals surface area contributed by atoms with Crippen molar-refractivity contribution >= 4 is 65.8 Å². The molecule has 0 aliphatic heterocycles. The maximum Gasteiger partial charge on any atom is 0.144 e. The van der Waals surface area contributed by atoms with Crippen molar-refractivity contribution in [1.82, 2.24) is 0 Å². The molecular weight excluding hydrogens is 492 g/mol. The first kappa shape index (κ1) is 21.6. The Kier molecular flexibility index (Phi) is 4.26. The van der Waals surface area contributed by atoms with Gasteiger partial charge in [0.1, 0.15) is 33.5 Å². The predicted octanol–water partition coefficient (Wildman–Crippen LogP) is 11.0. The van der Waals surface area contributed by atoms with E-state index in [0.717, 1.165) is 88.1 Å². The van der Waals surface area contributed by atoms with Gasteiger partial charge in [0, 0.05) is 49.0 Å². The van der Waals surface area contributed by atoms with Gasteiger partial charge in [0.15, 0.2) is 0 Å². The van der Waals surface area contributed by atoms with Crippen molar-refractivity contribution in [1.29, 1.82) is 0 Å². The van der Waals surface area contributed by atoms with Crippen LogP contribution in [0, 0.1) is 6.92 Å². The highest BCUT2D eigenvalue weighted by atomic mass is 16.3. The van der Waals surface area contributed by atoms with Crippen LogP contribution in [-0.4, -0.2) is 0 Å². The molecule has 3 heteroatoms. The molecule has 0 amide bonds. The van der Waals surface area contributed by atoms with Crippen molar-refractivity contribution in [3.63, 3.8) is 0 Å². The van der Waals surface area contributed by atoms with Crippen molar-refractivity contribution in [3.05, 3.63) is 121 Å². The summed E-state index contributed by atoms with van der Waals surface area (Å²) in [7, 11) is 0. The summed E-state index contributed by atoms with van der Waals surface area (Å²) in [6, 6.07) is 39.8. The van der Waals surface area contributed by atoms with Crippen LogP contribution in [0.2, 0.25) is 0 Å². The third-order valence-corrected chi connectivity index (χ3v) is 8.25. The molecule has 0 saturated carbocycles. The zero-order chi connectivity index (χ0) is 26.4. The highest BCUT2D eigenvalue weighted by molar-refractivity contribution is 6.21. The van der Waals surface area contributed by atoms with Crippen LogP contribution in [0.1, 0.15) is 5.56 Å². The molecule has 6 aromatic carbocycles. The van der Waals surface area contributed by atoms with Crippen LogP contribution in [0.15, 0.2) is 129 Å². The van der Waals surface area contributed by atoms with Crippen molar-refractivity contribution in [2.45, 2.75) is 6.92 Å². The van der Waals surface area contributed by atoms with E-state index >= 15 is 0 Å². The van der Waals surface area contributed by atoms with E-state index in [9.17, 15) is 0 Å². The van der Waals surface area contributed by atoms with Gasteiger partial charge in [-0.05, 0) is 42.3 Å². The van der Waals surface area contributed by atoms with Gasteiger partial charge >= 0.3 is 0 Å². The quantitative estimate of drug-likeness (QED) is 0.230. The van der Waals surface area contributed by atoms with E-state index in [1.807, 2.05) is 36.4 Å². The third-order valence-electron chi connectivity index (χ3n) is 8.25. The first-order chi connectivity index (χ1) is 19.8. The Morgan fingerprint density at radius 3 is 1.57 bits per heavy atom. The Morgan fingerprint density at radius 2 is 0.825 bits per heavy atom.